The number of carbonyl (C=O) groups excluding carboxylic acids is 2. The van der Waals surface area contributed by atoms with Crippen LogP contribution in [0, 0.1) is 0 Å². The maximum Gasteiger partial charge on any atom is 0.306 e. The van der Waals surface area contributed by atoms with Crippen molar-refractivity contribution < 1.29 is 24.5 Å². The van der Waals surface area contributed by atoms with Crippen molar-refractivity contribution in [2.24, 2.45) is 0 Å². The maximum atomic E-state index is 13.2. The second-order valence-corrected chi connectivity index (χ2v) is 18.6. The first-order chi connectivity index (χ1) is 30.0. The van der Waals surface area contributed by atoms with E-state index in [1.807, 2.05) is 0 Å². The number of hydrogen-bond donors (Lipinski definition) is 3. The van der Waals surface area contributed by atoms with Gasteiger partial charge in [0, 0.05) is 6.42 Å². The number of carbonyl (C=O) groups is 2. The van der Waals surface area contributed by atoms with Crippen molar-refractivity contribution in [2.75, 3.05) is 6.61 Å². The van der Waals surface area contributed by atoms with Crippen molar-refractivity contribution in [2.45, 2.75) is 309 Å². The minimum atomic E-state index is -0.783. The number of ether oxygens (including phenoxy) is 1. The molecule has 0 bridgehead atoms. The van der Waals surface area contributed by atoms with E-state index in [0.29, 0.717) is 19.3 Å². The first kappa shape index (κ1) is 59.3. The van der Waals surface area contributed by atoms with Crippen LogP contribution in [0.2, 0.25) is 0 Å². The molecule has 0 spiro atoms. The number of hydrogen-bond acceptors (Lipinski definition) is 5. The summed E-state index contributed by atoms with van der Waals surface area (Å²) in [6.07, 6.45) is 56.7. The van der Waals surface area contributed by atoms with Gasteiger partial charge >= 0.3 is 5.97 Å². The van der Waals surface area contributed by atoms with Crippen molar-refractivity contribution in [3.63, 3.8) is 0 Å². The Kier molecular flexibility index (Phi) is 48.0. The zero-order valence-electron chi connectivity index (χ0n) is 41.1. The van der Waals surface area contributed by atoms with E-state index in [0.717, 1.165) is 51.4 Å². The van der Waals surface area contributed by atoms with Crippen LogP contribution in [-0.4, -0.2) is 46.9 Å². The van der Waals surface area contributed by atoms with Crippen molar-refractivity contribution in [3.05, 3.63) is 24.3 Å². The van der Waals surface area contributed by atoms with Crippen LogP contribution < -0.4 is 5.32 Å². The zero-order valence-corrected chi connectivity index (χ0v) is 41.1. The molecule has 6 nitrogen and oxygen atoms in total. The van der Waals surface area contributed by atoms with E-state index in [9.17, 15) is 19.8 Å². The molecule has 0 saturated carbocycles. The monoisotopic (exact) mass is 860 g/mol. The quantitative estimate of drug-likeness (QED) is 0.0322. The summed E-state index contributed by atoms with van der Waals surface area (Å²) in [4.78, 5) is 26.2. The smallest absolute Gasteiger partial charge is 0.306 e. The van der Waals surface area contributed by atoms with Crippen LogP contribution in [0.4, 0.5) is 0 Å². The molecule has 0 aliphatic heterocycles. The summed E-state index contributed by atoms with van der Waals surface area (Å²) >= 11 is 0. The summed E-state index contributed by atoms with van der Waals surface area (Å²) in [7, 11) is 0. The van der Waals surface area contributed by atoms with Crippen molar-refractivity contribution in [1.82, 2.24) is 5.32 Å². The molecule has 3 unspecified atom stereocenters. The lowest BCUT2D eigenvalue weighted by molar-refractivity contribution is -0.151. The van der Waals surface area contributed by atoms with Gasteiger partial charge in [0.1, 0.15) is 6.10 Å². The van der Waals surface area contributed by atoms with Crippen LogP contribution in [0.25, 0.3) is 0 Å². The summed E-state index contributed by atoms with van der Waals surface area (Å²) in [5, 5.41) is 23.8. The standard InChI is InChI=1S/C55H105NO5/c1-4-7-10-13-16-19-22-24-25-26-27-28-29-30-33-36-39-42-45-48-55(60)61-51(46-43-40-37-34-32-23-20-17-14-11-8-5-2)49-54(59)56-52(50-57)53(58)47-44-41-38-35-31-21-18-15-12-9-6-3/h16,19,24-25,51-53,57-58H,4-15,17-18,20-23,26-50H2,1-3H3,(H,56,59)/b19-16-,25-24-. The Morgan fingerprint density at radius 1 is 0.475 bits per heavy atom. The van der Waals surface area contributed by atoms with Gasteiger partial charge in [-0.05, 0) is 57.8 Å². The fourth-order valence-corrected chi connectivity index (χ4v) is 8.40. The predicted molar refractivity (Wildman–Crippen MR) is 264 cm³/mol. The Morgan fingerprint density at radius 3 is 1.28 bits per heavy atom. The highest BCUT2D eigenvalue weighted by Crippen LogP contribution is 2.18. The van der Waals surface area contributed by atoms with E-state index in [1.54, 1.807) is 0 Å². The lowest BCUT2D eigenvalue weighted by Crippen LogP contribution is -2.46. The molecule has 61 heavy (non-hydrogen) atoms. The summed E-state index contributed by atoms with van der Waals surface area (Å²) in [5.74, 6) is -0.463. The second kappa shape index (κ2) is 49.4. The summed E-state index contributed by atoms with van der Waals surface area (Å²) in [6, 6.07) is -0.696. The maximum absolute atomic E-state index is 13.2. The number of nitrogens with one attached hydrogen (secondary N) is 1. The van der Waals surface area contributed by atoms with Gasteiger partial charge in [-0.3, -0.25) is 9.59 Å². The number of rotatable bonds is 49. The molecule has 6 heteroatoms. The van der Waals surface area contributed by atoms with E-state index in [1.165, 1.54) is 193 Å². The van der Waals surface area contributed by atoms with Crippen molar-refractivity contribution in [1.29, 1.82) is 0 Å². The van der Waals surface area contributed by atoms with Gasteiger partial charge in [0.05, 0.1) is 25.2 Å². The molecular formula is C55H105NO5. The SMILES string of the molecule is CCCCC/C=C\C/C=C\CCCCCCCCCCCC(=O)OC(CCCCCCCCCCCCCC)CC(=O)NC(CO)C(O)CCCCCCCCCCCCC. The van der Waals surface area contributed by atoms with Crippen molar-refractivity contribution >= 4 is 11.9 Å². The minimum Gasteiger partial charge on any atom is -0.462 e. The predicted octanol–water partition coefficient (Wildman–Crippen LogP) is 16.3. The number of aliphatic hydroxyl groups is 2. The minimum absolute atomic E-state index is 0.0816. The Hall–Kier alpha value is -1.66. The van der Waals surface area contributed by atoms with Gasteiger partial charge in [-0.2, -0.15) is 0 Å². The van der Waals surface area contributed by atoms with Crippen molar-refractivity contribution in [3.8, 4) is 0 Å². The van der Waals surface area contributed by atoms with Crippen LogP contribution in [0.5, 0.6) is 0 Å². The number of allylic oxidation sites excluding steroid dienone is 4. The number of aliphatic hydroxyl groups excluding tert-OH is 2. The van der Waals surface area contributed by atoms with Gasteiger partial charge in [-0.25, -0.2) is 0 Å². The van der Waals surface area contributed by atoms with Gasteiger partial charge in [0.15, 0.2) is 0 Å². The highest BCUT2D eigenvalue weighted by atomic mass is 16.5. The fraction of sp³-hybridized carbons (Fsp3) is 0.891. The number of esters is 1. The van der Waals surface area contributed by atoms with Gasteiger partial charge < -0.3 is 20.3 Å². The Labute approximate surface area is 380 Å². The van der Waals surface area contributed by atoms with E-state index in [4.69, 9.17) is 4.74 Å². The Morgan fingerprint density at radius 2 is 0.836 bits per heavy atom. The van der Waals surface area contributed by atoms with Crippen LogP contribution in [-0.2, 0) is 14.3 Å². The van der Waals surface area contributed by atoms with E-state index < -0.39 is 18.2 Å². The van der Waals surface area contributed by atoms with E-state index in [2.05, 4.69) is 50.4 Å². The van der Waals surface area contributed by atoms with Gasteiger partial charge in [0.25, 0.3) is 0 Å². The molecule has 0 aliphatic carbocycles. The molecule has 0 aromatic heterocycles. The number of amides is 1. The first-order valence-electron chi connectivity index (χ1n) is 27.1. The average Bonchev–Trinajstić information content (AvgIpc) is 3.25. The highest BCUT2D eigenvalue weighted by Gasteiger charge is 2.24. The molecular weight excluding hydrogens is 755 g/mol. The largest absolute Gasteiger partial charge is 0.462 e. The topological polar surface area (TPSA) is 95.9 Å². The molecule has 0 fully saturated rings. The molecule has 0 aromatic carbocycles. The lowest BCUT2D eigenvalue weighted by atomic mass is 10.0. The molecule has 360 valence electrons. The number of unbranched alkanes of at least 4 members (excludes halogenated alkanes) is 33. The normalized spacial score (nSPS) is 13.3. The first-order valence-corrected chi connectivity index (χ1v) is 27.1. The summed E-state index contributed by atoms with van der Waals surface area (Å²) < 4.78 is 5.95. The molecule has 3 N–H and O–H groups in total. The Balaban J connectivity index is 4.48. The molecule has 0 rings (SSSR count). The molecule has 0 heterocycles. The molecule has 0 aromatic rings. The molecule has 1 amide bonds. The van der Waals surface area contributed by atoms with Crippen LogP contribution in [0.1, 0.15) is 290 Å². The van der Waals surface area contributed by atoms with Crippen LogP contribution >= 0.6 is 0 Å². The highest BCUT2D eigenvalue weighted by molar-refractivity contribution is 5.77. The third-order valence-corrected chi connectivity index (χ3v) is 12.5. The van der Waals surface area contributed by atoms with E-state index >= 15 is 0 Å². The van der Waals surface area contributed by atoms with Gasteiger partial charge in [-0.1, -0.05) is 244 Å². The lowest BCUT2D eigenvalue weighted by Gasteiger charge is -2.24. The fourth-order valence-electron chi connectivity index (χ4n) is 8.40. The molecule has 0 saturated heterocycles. The summed E-state index contributed by atoms with van der Waals surface area (Å²) in [5.41, 5.74) is 0. The van der Waals surface area contributed by atoms with Gasteiger partial charge in [-0.15, -0.1) is 0 Å². The molecule has 0 aliphatic rings. The molecule has 3 atom stereocenters. The van der Waals surface area contributed by atoms with Gasteiger partial charge in [0.2, 0.25) is 5.91 Å². The summed E-state index contributed by atoms with van der Waals surface area (Å²) in [6.45, 7) is 6.47. The zero-order chi connectivity index (χ0) is 44.5. The second-order valence-electron chi connectivity index (χ2n) is 18.6. The third-order valence-electron chi connectivity index (χ3n) is 12.5. The molecule has 0 radical (unpaired) electrons. The Bertz CT molecular complexity index is 966. The van der Waals surface area contributed by atoms with Crippen LogP contribution in [0.15, 0.2) is 24.3 Å². The average molecular weight is 860 g/mol. The third kappa shape index (κ3) is 44.7. The van der Waals surface area contributed by atoms with Crippen LogP contribution in [0.3, 0.4) is 0 Å². The van der Waals surface area contributed by atoms with E-state index in [-0.39, 0.29) is 24.9 Å².